The highest BCUT2D eigenvalue weighted by atomic mass is 28.4. The Hall–Kier alpha value is -0.0956. The molecule has 7 nitrogen and oxygen atoms in total. The normalized spacial score (nSPS) is 16.3. The lowest BCUT2D eigenvalue weighted by molar-refractivity contribution is -0.138. The van der Waals surface area contributed by atoms with Crippen molar-refractivity contribution in [3.63, 3.8) is 0 Å². The van der Waals surface area contributed by atoms with Gasteiger partial charge in [-0.05, 0) is 71.8 Å². The van der Waals surface area contributed by atoms with E-state index in [2.05, 4.69) is 83.5 Å². The molecule has 0 spiro atoms. The summed E-state index contributed by atoms with van der Waals surface area (Å²) >= 11 is 0. The highest BCUT2D eigenvalue weighted by Crippen LogP contribution is 2.30. The molecule has 1 amide bonds. The number of amides is 1. The Bertz CT molecular complexity index is 734. The van der Waals surface area contributed by atoms with Gasteiger partial charge >= 0.3 is 5.97 Å². The summed E-state index contributed by atoms with van der Waals surface area (Å²) < 4.78 is 21.4. The molecule has 0 radical (unpaired) electrons. The summed E-state index contributed by atoms with van der Waals surface area (Å²) in [7, 11) is -9.71. The minimum absolute atomic E-state index is 0.0700. The van der Waals surface area contributed by atoms with E-state index in [0.717, 1.165) is 0 Å². The molecule has 2 unspecified atom stereocenters. The maximum Gasteiger partial charge on any atom is 0.309 e. The van der Waals surface area contributed by atoms with Gasteiger partial charge in [-0.2, -0.15) is 0 Å². The Kier molecular flexibility index (Phi) is 12.8. The average Bonchev–Trinajstić information content (AvgIpc) is 2.55. The molecule has 0 bridgehead atoms. The van der Waals surface area contributed by atoms with Crippen molar-refractivity contribution in [2.75, 3.05) is 13.2 Å². The fourth-order valence-corrected chi connectivity index (χ4v) is 9.95. The van der Waals surface area contributed by atoms with Crippen molar-refractivity contribution in [2.45, 2.75) is 130 Å². The summed E-state index contributed by atoms with van der Waals surface area (Å²) in [6.45, 7) is 34.9. The number of carbonyl (C=O) groups is 2. The van der Waals surface area contributed by atoms with Crippen molar-refractivity contribution in [3.05, 3.63) is 0 Å². The molecule has 0 aromatic carbocycles. The van der Waals surface area contributed by atoms with Crippen LogP contribution in [0.25, 0.3) is 0 Å². The van der Waals surface area contributed by atoms with Crippen molar-refractivity contribution in [2.24, 2.45) is 0 Å². The number of nitrogens with one attached hydrogen (secondary N) is 1. The third-order valence-electron chi connectivity index (χ3n) is 5.11. The van der Waals surface area contributed by atoms with Crippen molar-refractivity contribution in [1.82, 2.24) is 9.55 Å². The number of hydrogen-bond donors (Lipinski definition) is 1. The van der Waals surface area contributed by atoms with Crippen LogP contribution in [0.5, 0.6) is 0 Å². The molecule has 0 aliphatic carbocycles. The van der Waals surface area contributed by atoms with E-state index in [1.165, 1.54) is 0 Å². The second-order valence-electron chi connectivity index (χ2n) is 15.1. The number of hydrogen-bond acceptors (Lipinski definition) is 6. The van der Waals surface area contributed by atoms with E-state index in [4.69, 9.17) is 13.3 Å². The maximum atomic E-state index is 13.3. The van der Waals surface area contributed by atoms with Crippen molar-refractivity contribution in [1.29, 1.82) is 0 Å². The Morgan fingerprint density at radius 3 is 1.64 bits per heavy atom. The predicted octanol–water partition coefficient (Wildman–Crippen LogP) is 6.06. The summed E-state index contributed by atoms with van der Waals surface area (Å²) in [6, 6.07) is -0.405. The van der Waals surface area contributed by atoms with E-state index in [1.54, 1.807) is 6.92 Å². The molecule has 12 heteroatoms. The molecule has 0 saturated carbocycles. The van der Waals surface area contributed by atoms with Crippen LogP contribution in [0.15, 0.2) is 0 Å². The van der Waals surface area contributed by atoms with Crippen LogP contribution in [0.4, 0.5) is 0 Å². The van der Waals surface area contributed by atoms with Crippen LogP contribution >= 0.6 is 0 Å². The van der Waals surface area contributed by atoms with Crippen LogP contribution in [0, 0.1) is 0 Å². The molecule has 0 heterocycles. The van der Waals surface area contributed by atoms with Gasteiger partial charge in [-0.3, -0.25) is 9.59 Å². The van der Waals surface area contributed by atoms with Gasteiger partial charge in [-0.15, -0.1) is 0 Å². The molecule has 36 heavy (non-hydrogen) atoms. The lowest BCUT2D eigenvalue weighted by Gasteiger charge is -2.47. The molecule has 0 fully saturated rings. The first-order valence-corrected chi connectivity index (χ1v) is 30.4. The standard InChI is InChI=1S/C24H58N2O5Si5/c1-21(27)26(33(5,6)7)19-24(31-36(14,15)16,20-29-34(8,9)10)18-17-22(25-32(2,3)4)23(28)30-35(11,12)13/h22,25H,17-20H2,1-16H3. The zero-order chi connectivity index (χ0) is 29.0. The minimum Gasteiger partial charge on any atom is -0.519 e. The van der Waals surface area contributed by atoms with Gasteiger partial charge in [0.15, 0.2) is 24.9 Å². The van der Waals surface area contributed by atoms with Crippen molar-refractivity contribution in [3.8, 4) is 0 Å². The SMILES string of the molecule is CC(=O)N(CC(CCC(N[Si](C)(C)C)C(=O)O[Si](C)(C)C)(CO[Si](C)(C)C)O[Si](C)(C)C)[Si](C)(C)C. The van der Waals surface area contributed by atoms with Gasteiger partial charge < -0.3 is 22.8 Å². The summed E-state index contributed by atoms with van der Waals surface area (Å²) in [5.74, 6) is -0.0983. The van der Waals surface area contributed by atoms with Gasteiger partial charge in [0.1, 0.15) is 8.24 Å². The van der Waals surface area contributed by atoms with Crippen molar-refractivity contribution >= 4 is 53.3 Å². The maximum absolute atomic E-state index is 13.3. The predicted molar refractivity (Wildman–Crippen MR) is 166 cm³/mol. The fraction of sp³-hybridized carbons (Fsp3) is 0.917. The number of nitrogens with zero attached hydrogens (tertiary/aromatic N) is 1. The molecule has 0 rings (SSSR count). The lowest BCUT2D eigenvalue weighted by atomic mass is 9.95. The van der Waals surface area contributed by atoms with Gasteiger partial charge in [0.05, 0.1) is 18.2 Å². The highest BCUT2D eigenvalue weighted by molar-refractivity contribution is 6.75. The molecule has 0 aliphatic heterocycles. The average molecular weight is 595 g/mol. The summed E-state index contributed by atoms with van der Waals surface area (Å²) in [6.07, 6.45) is 1.18. The summed E-state index contributed by atoms with van der Waals surface area (Å²) in [5, 5.41) is 0. The second-order valence-corrected chi connectivity index (χ2v) is 38.1. The van der Waals surface area contributed by atoms with Crippen LogP contribution in [0.3, 0.4) is 0 Å². The first-order valence-electron chi connectivity index (χ1n) is 13.3. The Labute approximate surface area is 228 Å². The highest BCUT2D eigenvalue weighted by Gasteiger charge is 2.43. The zero-order valence-electron chi connectivity index (χ0n) is 26.4. The van der Waals surface area contributed by atoms with E-state index in [-0.39, 0.29) is 11.9 Å². The van der Waals surface area contributed by atoms with E-state index < -0.39 is 53.1 Å². The molecule has 214 valence electrons. The molecular weight excluding hydrogens is 537 g/mol. The van der Waals surface area contributed by atoms with Gasteiger partial charge in [-0.25, -0.2) is 0 Å². The van der Waals surface area contributed by atoms with Gasteiger partial charge in [0.25, 0.3) is 0 Å². The van der Waals surface area contributed by atoms with E-state index >= 15 is 0 Å². The summed E-state index contributed by atoms with van der Waals surface area (Å²) in [4.78, 5) is 29.8. The first-order chi connectivity index (χ1) is 15.6. The molecule has 2 atom stereocenters. The topological polar surface area (TPSA) is 77.1 Å². The largest absolute Gasteiger partial charge is 0.519 e. The molecular formula is C24H58N2O5Si5. The fourth-order valence-electron chi connectivity index (χ4n) is 3.97. The van der Waals surface area contributed by atoms with Crippen LogP contribution in [-0.4, -0.2) is 82.7 Å². The van der Waals surface area contributed by atoms with Crippen LogP contribution in [0.2, 0.25) is 98.2 Å². The molecule has 0 aromatic heterocycles. The first kappa shape index (κ1) is 35.9. The van der Waals surface area contributed by atoms with Crippen LogP contribution in [0.1, 0.15) is 19.8 Å². The number of rotatable bonds is 15. The Morgan fingerprint density at radius 2 is 1.31 bits per heavy atom. The van der Waals surface area contributed by atoms with E-state index in [0.29, 0.717) is 26.0 Å². The molecule has 0 aliphatic rings. The Morgan fingerprint density at radius 1 is 0.806 bits per heavy atom. The van der Waals surface area contributed by atoms with Gasteiger partial charge in [0, 0.05) is 13.5 Å². The number of carbonyl (C=O) groups excluding carboxylic acids is 2. The second kappa shape index (κ2) is 12.8. The monoisotopic (exact) mass is 594 g/mol. The van der Waals surface area contributed by atoms with E-state index in [9.17, 15) is 9.59 Å². The van der Waals surface area contributed by atoms with Gasteiger partial charge in [-0.1, -0.05) is 39.3 Å². The van der Waals surface area contributed by atoms with E-state index in [1.807, 2.05) is 24.2 Å². The van der Waals surface area contributed by atoms with Crippen LogP contribution in [-0.2, 0) is 22.9 Å². The van der Waals surface area contributed by atoms with Crippen LogP contribution < -0.4 is 4.98 Å². The molecule has 0 saturated heterocycles. The summed E-state index contributed by atoms with van der Waals surface area (Å²) in [5.41, 5.74) is -0.685. The molecule has 1 N–H and O–H groups in total. The quantitative estimate of drug-likeness (QED) is 0.232. The lowest BCUT2D eigenvalue weighted by Crippen LogP contribution is -2.61. The minimum atomic E-state index is -2.04. The zero-order valence-corrected chi connectivity index (χ0v) is 31.4. The molecule has 0 aromatic rings. The smallest absolute Gasteiger partial charge is 0.309 e. The van der Waals surface area contributed by atoms with Crippen molar-refractivity contribution < 1.29 is 22.9 Å². The third-order valence-corrected chi connectivity index (χ3v) is 11.3. The third kappa shape index (κ3) is 16.0. The Balaban J connectivity index is 6.48. The van der Waals surface area contributed by atoms with Gasteiger partial charge in [0.2, 0.25) is 14.2 Å².